The minimum absolute atomic E-state index is 0.156. The number of carbonyl (C=O) groups is 1. The van der Waals surface area contributed by atoms with E-state index in [1.165, 1.54) is 30.2 Å². The number of piperidine rings is 4. The molecule has 0 aromatic heterocycles. The third-order valence-electron chi connectivity index (χ3n) is 6.40. The first-order valence-electron chi connectivity index (χ1n) is 8.03. The Hall–Kier alpha value is -0.570. The number of quaternary nitrogens is 1. The lowest BCUT2D eigenvalue weighted by atomic mass is 9.70. The topological polar surface area (TPSA) is 20.3 Å². The van der Waals surface area contributed by atoms with Crippen molar-refractivity contribution in [1.29, 1.82) is 0 Å². The zero-order chi connectivity index (χ0) is 13.9. The highest BCUT2D eigenvalue weighted by Crippen LogP contribution is 2.49. The van der Waals surface area contributed by atoms with Gasteiger partial charge in [-0.25, -0.2) is 0 Å². The molecule has 4 heterocycles. The minimum Gasteiger partial charge on any atom is -0.336 e. The van der Waals surface area contributed by atoms with E-state index in [1.807, 2.05) is 13.8 Å². The van der Waals surface area contributed by atoms with Gasteiger partial charge in [0.25, 0.3) is 0 Å². The van der Waals surface area contributed by atoms with Crippen LogP contribution in [0.25, 0.3) is 0 Å². The van der Waals surface area contributed by atoms with E-state index in [0.29, 0.717) is 24.0 Å². The molecule has 108 valence electrons. The number of amides is 1. The first-order chi connectivity index (χ1) is 8.85. The molecule has 3 nitrogen and oxygen atoms in total. The molecular weight excluding hydrogens is 236 g/mol. The van der Waals surface area contributed by atoms with Crippen molar-refractivity contribution in [1.82, 2.24) is 4.90 Å². The summed E-state index contributed by atoms with van der Waals surface area (Å²) in [5, 5.41) is 0. The molecule has 4 aliphatic heterocycles. The quantitative estimate of drug-likeness (QED) is 0.702. The molecule has 0 saturated carbocycles. The Kier molecular flexibility index (Phi) is 2.97. The van der Waals surface area contributed by atoms with Gasteiger partial charge in [-0.3, -0.25) is 4.79 Å². The Morgan fingerprint density at radius 2 is 1.42 bits per heavy atom. The molecule has 4 fully saturated rings. The van der Waals surface area contributed by atoms with E-state index in [1.54, 1.807) is 0 Å². The molecule has 0 N–H and O–H groups in total. The molecule has 1 amide bonds. The minimum atomic E-state index is 0.156. The predicted octanol–water partition coefficient (Wildman–Crippen LogP) is 2.40. The van der Waals surface area contributed by atoms with Crippen LogP contribution in [-0.2, 0) is 4.79 Å². The molecule has 0 unspecified atom stereocenters. The van der Waals surface area contributed by atoms with Gasteiger partial charge in [0, 0.05) is 43.7 Å². The Bertz CT molecular complexity index is 358. The fraction of sp³-hybridized carbons (Fsp3) is 0.938. The van der Waals surface area contributed by atoms with E-state index in [-0.39, 0.29) is 5.92 Å². The lowest BCUT2D eigenvalue weighted by molar-refractivity contribution is -0.988. The monoisotopic (exact) mass is 265 g/mol. The van der Waals surface area contributed by atoms with Crippen LogP contribution in [0, 0.1) is 5.92 Å². The van der Waals surface area contributed by atoms with Crippen molar-refractivity contribution in [2.24, 2.45) is 5.92 Å². The van der Waals surface area contributed by atoms with Gasteiger partial charge in [-0.2, -0.15) is 0 Å². The van der Waals surface area contributed by atoms with Crippen molar-refractivity contribution in [3.63, 3.8) is 0 Å². The van der Waals surface area contributed by atoms with Gasteiger partial charge in [0.1, 0.15) is 0 Å². The maximum absolute atomic E-state index is 12.4. The second-order valence-electron chi connectivity index (χ2n) is 7.77. The van der Waals surface area contributed by atoms with E-state index >= 15 is 0 Å². The van der Waals surface area contributed by atoms with Crippen molar-refractivity contribution >= 4 is 5.91 Å². The highest BCUT2D eigenvalue weighted by atomic mass is 16.2. The molecule has 0 aromatic carbocycles. The van der Waals surface area contributed by atoms with E-state index < -0.39 is 0 Å². The molecule has 0 radical (unpaired) electrons. The van der Waals surface area contributed by atoms with E-state index in [2.05, 4.69) is 25.8 Å². The zero-order valence-electron chi connectivity index (χ0n) is 13.1. The average Bonchev–Trinajstić information content (AvgIpc) is 2.32. The Labute approximate surface area is 117 Å². The van der Waals surface area contributed by atoms with Gasteiger partial charge in [0.05, 0.1) is 25.2 Å². The summed E-state index contributed by atoms with van der Waals surface area (Å²) < 4.78 is 1.26. The van der Waals surface area contributed by atoms with Crippen LogP contribution < -0.4 is 0 Å². The van der Waals surface area contributed by atoms with Crippen LogP contribution in [0.15, 0.2) is 0 Å². The number of hydrogen-bond donors (Lipinski definition) is 0. The molecule has 4 saturated heterocycles. The Morgan fingerprint density at radius 3 is 1.74 bits per heavy atom. The summed E-state index contributed by atoms with van der Waals surface area (Å²) in [6, 6.07) is 3.38. The van der Waals surface area contributed by atoms with E-state index in [9.17, 15) is 4.79 Å². The third kappa shape index (κ3) is 1.70. The average molecular weight is 265 g/mol. The molecule has 3 heteroatoms. The molecule has 4 rings (SSSR count). The van der Waals surface area contributed by atoms with Crippen LogP contribution in [0.2, 0.25) is 0 Å². The largest absolute Gasteiger partial charge is 0.336 e. The first-order valence-corrected chi connectivity index (χ1v) is 8.03. The van der Waals surface area contributed by atoms with Gasteiger partial charge in [-0.15, -0.1) is 0 Å². The summed E-state index contributed by atoms with van der Waals surface area (Å²) >= 11 is 0. The normalized spacial score (nSPS) is 44.5. The second kappa shape index (κ2) is 4.21. The van der Waals surface area contributed by atoms with Gasteiger partial charge in [0.15, 0.2) is 0 Å². The standard InChI is InChI=1S/C16H29N2O/c1-10(2)16(19)17-12-6-14-8-13(17)9-15(7-12)18(14,5)11(3)4/h10-15H,6-9H2,1-5H3/q+1. The van der Waals surface area contributed by atoms with Crippen molar-refractivity contribution in [2.45, 2.75) is 83.6 Å². The van der Waals surface area contributed by atoms with Gasteiger partial charge < -0.3 is 9.38 Å². The van der Waals surface area contributed by atoms with E-state index in [4.69, 9.17) is 0 Å². The SMILES string of the molecule is CC(C)C(=O)N1C2CC3CC1CC(C2)[N+]3(C)C(C)C. The number of rotatable bonds is 2. The van der Waals surface area contributed by atoms with E-state index in [0.717, 1.165) is 12.1 Å². The summed E-state index contributed by atoms with van der Waals surface area (Å²) in [6.07, 6.45) is 4.94. The van der Waals surface area contributed by atoms with Crippen molar-refractivity contribution in [2.75, 3.05) is 7.05 Å². The van der Waals surface area contributed by atoms with Gasteiger partial charge in [0.2, 0.25) is 5.91 Å². The lowest BCUT2D eigenvalue weighted by Crippen LogP contribution is -2.77. The summed E-state index contributed by atoms with van der Waals surface area (Å²) in [4.78, 5) is 14.7. The molecule has 0 spiro atoms. The smallest absolute Gasteiger partial charge is 0.225 e. The summed E-state index contributed by atoms with van der Waals surface area (Å²) in [7, 11) is 2.46. The molecule has 0 aromatic rings. The van der Waals surface area contributed by atoms with Gasteiger partial charge in [-0.1, -0.05) is 13.8 Å². The van der Waals surface area contributed by atoms with Crippen LogP contribution in [0.4, 0.5) is 0 Å². The highest BCUT2D eigenvalue weighted by molar-refractivity contribution is 5.79. The fourth-order valence-corrected chi connectivity index (χ4v) is 5.10. The number of carbonyl (C=O) groups excluding carboxylic acids is 1. The van der Waals surface area contributed by atoms with Crippen LogP contribution in [-0.4, -0.2) is 52.5 Å². The number of nitrogens with zero attached hydrogens (tertiary/aromatic N) is 2. The predicted molar refractivity (Wildman–Crippen MR) is 76.6 cm³/mol. The second-order valence-corrected chi connectivity index (χ2v) is 7.77. The number of hydrogen-bond acceptors (Lipinski definition) is 1. The first kappa shape index (κ1) is 13.4. The van der Waals surface area contributed by atoms with Gasteiger partial charge >= 0.3 is 0 Å². The third-order valence-corrected chi connectivity index (χ3v) is 6.40. The van der Waals surface area contributed by atoms with Crippen molar-refractivity contribution in [3.05, 3.63) is 0 Å². The Balaban J connectivity index is 1.86. The van der Waals surface area contributed by atoms with Crippen molar-refractivity contribution < 1.29 is 9.28 Å². The molecule has 19 heavy (non-hydrogen) atoms. The summed E-state index contributed by atoms with van der Waals surface area (Å²) in [6.45, 7) is 8.84. The summed E-state index contributed by atoms with van der Waals surface area (Å²) in [5.74, 6) is 0.552. The molecule has 0 aliphatic carbocycles. The van der Waals surface area contributed by atoms with Crippen LogP contribution in [0.1, 0.15) is 53.4 Å². The summed E-state index contributed by atoms with van der Waals surface area (Å²) in [5.41, 5.74) is 0. The fourth-order valence-electron chi connectivity index (χ4n) is 5.10. The maximum atomic E-state index is 12.4. The highest BCUT2D eigenvalue weighted by Gasteiger charge is 2.60. The molecule has 0 atom stereocenters. The van der Waals surface area contributed by atoms with Crippen LogP contribution in [0.5, 0.6) is 0 Å². The van der Waals surface area contributed by atoms with Crippen LogP contribution in [0.3, 0.4) is 0 Å². The molecule has 4 bridgehead atoms. The zero-order valence-corrected chi connectivity index (χ0v) is 13.1. The van der Waals surface area contributed by atoms with Crippen LogP contribution >= 0.6 is 0 Å². The van der Waals surface area contributed by atoms with Crippen molar-refractivity contribution in [3.8, 4) is 0 Å². The lowest BCUT2D eigenvalue weighted by Gasteiger charge is -2.65. The van der Waals surface area contributed by atoms with Gasteiger partial charge in [-0.05, 0) is 13.8 Å². The molecule has 4 aliphatic rings. The Morgan fingerprint density at radius 1 is 1.00 bits per heavy atom. The maximum Gasteiger partial charge on any atom is 0.225 e. The molecular formula is C16H29N2O+.